The summed E-state index contributed by atoms with van der Waals surface area (Å²) in [6, 6.07) is 8.26. The Hall–Kier alpha value is -1.39. The molecule has 0 saturated carbocycles. The first kappa shape index (κ1) is 15.0. The van der Waals surface area contributed by atoms with Gasteiger partial charge in [-0.3, -0.25) is 4.79 Å². The Bertz CT molecular complexity index is 454. The summed E-state index contributed by atoms with van der Waals surface area (Å²) in [6.45, 7) is 4.22. The Morgan fingerprint density at radius 3 is 2.70 bits per heavy atom. The Morgan fingerprint density at radius 1 is 1.40 bits per heavy atom. The Balaban J connectivity index is 2.04. The molecule has 2 atom stereocenters. The number of carbonyl (C=O) groups excluding carboxylic acids is 1. The third-order valence-corrected chi connectivity index (χ3v) is 3.68. The van der Waals surface area contributed by atoms with E-state index in [4.69, 9.17) is 14.2 Å². The van der Waals surface area contributed by atoms with Crippen molar-refractivity contribution in [3.63, 3.8) is 0 Å². The monoisotopic (exact) mass is 278 g/mol. The summed E-state index contributed by atoms with van der Waals surface area (Å²) < 4.78 is 16.5. The molecule has 0 aromatic heterocycles. The van der Waals surface area contributed by atoms with E-state index in [1.54, 1.807) is 14.0 Å². The second-order valence-electron chi connectivity index (χ2n) is 5.15. The molecule has 4 heteroatoms. The van der Waals surface area contributed by atoms with E-state index in [0.29, 0.717) is 13.0 Å². The lowest BCUT2D eigenvalue weighted by molar-refractivity contribution is -0.221. The number of benzene rings is 1. The first-order valence-corrected chi connectivity index (χ1v) is 7.04. The molecule has 4 nitrogen and oxygen atoms in total. The highest BCUT2D eigenvalue weighted by Gasteiger charge is 2.43. The molecule has 20 heavy (non-hydrogen) atoms. The van der Waals surface area contributed by atoms with Gasteiger partial charge in [0.1, 0.15) is 0 Å². The number of esters is 1. The molecule has 0 amide bonds. The molecule has 0 bridgehead atoms. The lowest BCUT2D eigenvalue weighted by Gasteiger charge is -2.27. The molecule has 1 heterocycles. The van der Waals surface area contributed by atoms with E-state index in [9.17, 15) is 4.79 Å². The normalized spacial score (nSPS) is 25.6. The summed E-state index contributed by atoms with van der Waals surface area (Å²) >= 11 is 0. The van der Waals surface area contributed by atoms with Crippen molar-refractivity contribution in [3.8, 4) is 0 Å². The predicted octanol–water partition coefficient (Wildman–Crippen LogP) is 3.14. The van der Waals surface area contributed by atoms with Crippen LogP contribution in [-0.4, -0.2) is 25.5 Å². The smallest absolute Gasteiger partial charge is 0.311 e. The molecule has 0 aliphatic carbocycles. The number of hydrogen-bond acceptors (Lipinski definition) is 4. The van der Waals surface area contributed by atoms with Gasteiger partial charge in [-0.25, -0.2) is 0 Å². The van der Waals surface area contributed by atoms with Gasteiger partial charge >= 0.3 is 5.97 Å². The van der Waals surface area contributed by atoms with E-state index >= 15 is 0 Å². The van der Waals surface area contributed by atoms with Crippen LogP contribution in [0.4, 0.5) is 0 Å². The minimum atomic E-state index is -0.845. The fourth-order valence-electron chi connectivity index (χ4n) is 2.53. The molecule has 1 saturated heterocycles. The average Bonchev–Trinajstić information content (AvgIpc) is 2.84. The molecule has 0 N–H and O–H groups in total. The molecule has 2 rings (SSSR count). The maximum absolute atomic E-state index is 11.7. The van der Waals surface area contributed by atoms with Crippen molar-refractivity contribution in [2.24, 2.45) is 0 Å². The predicted molar refractivity (Wildman–Crippen MR) is 75.2 cm³/mol. The van der Waals surface area contributed by atoms with Gasteiger partial charge in [-0.2, -0.15) is 0 Å². The molecule has 110 valence electrons. The van der Waals surface area contributed by atoms with E-state index in [1.165, 1.54) is 5.56 Å². The molecule has 0 radical (unpaired) electrons. The van der Waals surface area contributed by atoms with Crippen molar-refractivity contribution in [1.29, 1.82) is 0 Å². The first-order valence-electron chi connectivity index (χ1n) is 7.04. The Morgan fingerprint density at radius 2 is 2.10 bits per heavy atom. The maximum Gasteiger partial charge on any atom is 0.311 e. The minimum Gasteiger partial charge on any atom is -0.466 e. The SMILES string of the molecule is CCOC(=O)CC1(OC)CCC(c2ccc(C)cc2)O1. The number of aryl methyl sites for hydroxylation is 1. The molecular formula is C16H22O4. The van der Waals surface area contributed by atoms with Crippen LogP contribution in [0.25, 0.3) is 0 Å². The van der Waals surface area contributed by atoms with Gasteiger partial charge in [0.2, 0.25) is 0 Å². The standard InChI is InChI=1S/C16H22O4/c1-4-19-15(17)11-16(18-3)10-9-14(20-16)13-7-5-12(2)6-8-13/h5-8,14H,4,9-11H2,1-3H3. The molecule has 1 aliphatic heterocycles. The van der Waals surface area contributed by atoms with Gasteiger partial charge in [-0.15, -0.1) is 0 Å². The van der Waals surface area contributed by atoms with Crippen LogP contribution in [0.2, 0.25) is 0 Å². The van der Waals surface area contributed by atoms with E-state index in [1.807, 2.05) is 0 Å². The highest BCUT2D eigenvalue weighted by atomic mass is 16.7. The highest BCUT2D eigenvalue weighted by Crippen LogP contribution is 2.42. The zero-order chi connectivity index (χ0) is 14.6. The fraction of sp³-hybridized carbons (Fsp3) is 0.562. The molecule has 1 aromatic carbocycles. The van der Waals surface area contributed by atoms with Crippen LogP contribution in [-0.2, 0) is 19.0 Å². The summed E-state index contributed by atoms with van der Waals surface area (Å²) in [7, 11) is 1.58. The van der Waals surface area contributed by atoms with Crippen LogP contribution in [0.1, 0.15) is 43.4 Å². The molecule has 0 spiro atoms. The third kappa shape index (κ3) is 3.38. The molecule has 1 aromatic rings. The van der Waals surface area contributed by atoms with Crippen LogP contribution in [0, 0.1) is 6.92 Å². The van der Waals surface area contributed by atoms with E-state index < -0.39 is 5.79 Å². The Kier molecular flexibility index (Phi) is 4.78. The van der Waals surface area contributed by atoms with Crippen molar-refractivity contribution >= 4 is 5.97 Å². The lowest BCUT2D eigenvalue weighted by Crippen LogP contribution is -2.34. The third-order valence-electron chi connectivity index (χ3n) is 3.68. The largest absolute Gasteiger partial charge is 0.466 e. The minimum absolute atomic E-state index is 0.0232. The molecule has 2 unspecified atom stereocenters. The van der Waals surface area contributed by atoms with E-state index in [0.717, 1.165) is 12.0 Å². The average molecular weight is 278 g/mol. The number of rotatable bonds is 5. The van der Waals surface area contributed by atoms with Gasteiger partial charge in [0.05, 0.1) is 19.1 Å². The second kappa shape index (κ2) is 6.37. The molecule has 1 fully saturated rings. The summed E-state index contributed by atoms with van der Waals surface area (Å²) in [5.41, 5.74) is 2.34. The lowest BCUT2D eigenvalue weighted by atomic mass is 10.0. The highest BCUT2D eigenvalue weighted by molar-refractivity contribution is 5.70. The van der Waals surface area contributed by atoms with E-state index in [2.05, 4.69) is 31.2 Å². The zero-order valence-electron chi connectivity index (χ0n) is 12.3. The number of hydrogen-bond donors (Lipinski definition) is 0. The van der Waals surface area contributed by atoms with E-state index in [-0.39, 0.29) is 18.5 Å². The van der Waals surface area contributed by atoms with Crippen LogP contribution >= 0.6 is 0 Å². The quantitative estimate of drug-likeness (QED) is 0.776. The van der Waals surface area contributed by atoms with Crippen LogP contribution in [0.15, 0.2) is 24.3 Å². The first-order chi connectivity index (χ1) is 9.58. The van der Waals surface area contributed by atoms with Crippen molar-refractivity contribution in [1.82, 2.24) is 0 Å². The van der Waals surface area contributed by atoms with Crippen LogP contribution in [0.3, 0.4) is 0 Å². The van der Waals surface area contributed by atoms with Crippen molar-refractivity contribution in [3.05, 3.63) is 35.4 Å². The topological polar surface area (TPSA) is 44.8 Å². The van der Waals surface area contributed by atoms with Gasteiger partial charge in [0.25, 0.3) is 0 Å². The van der Waals surface area contributed by atoms with Crippen molar-refractivity contribution in [2.75, 3.05) is 13.7 Å². The summed E-state index contributed by atoms with van der Waals surface area (Å²) in [5, 5.41) is 0. The maximum atomic E-state index is 11.7. The second-order valence-corrected chi connectivity index (χ2v) is 5.15. The number of carbonyl (C=O) groups is 1. The Labute approximate surface area is 120 Å². The summed E-state index contributed by atoms with van der Waals surface area (Å²) in [6.07, 6.45) is 1.65. The van der Waals surface area contributed by atoms with Gasteiger partial charge in [-0.1, -0.05) is 29.8 Å². The number of ether oxygens (including phenoxy) is 3. The van der Waals surface area contributed by atoms with Crippen molar-refractivity contribution < 1.29 is 19.0 Å². The molecule has 1 aliphatic rings. The van der Waals surface area contributed by atoms with Gasteiger partial charge in [-0.05, 0) is 25.8 Å². The zero-order valence-corrected chi connectivity index (χ0v) is 12.3. The summed E-state index contributed by atoms with van der Waals surface area (Å²) in [4.78, 5) is 11.7. The van der Waals surface area contributed by atoms with Crippen molar-refractivity contribution in [2.45, 2.75) is 45.0 Å². The van der Waals surface area contributed by atoms with Crippen LogP contribution in [0.5, 0.6) is 0 Å². The van der Waals surface area contributed by atoms with Crippen LogP contribution < -0.4 is 0 Å². The number of methoxy groups -OCH3 is 1. The van der Waals surface area contributed by atoms with Gasteiger partial charge < -0.3 is 14.2 Å². The molecular weight excluding hydrogens is 256 g/mol. The van der Waals surface area contributed by atoms with Gasteiger partial charge in [0, 0.05) is 13.5 Å². The fourth-order valence-corrected chi connectivity index (χ4v) is 2.53. The summed E-state index contributed by atoms with van der Waals surface area (Å²) in [5.74, 6) is -1.12. The van der Waals surface area contributed by atoms with Gasteiger partial charge in [0.15, 0.2) is 5.79 Å².